The van der Waals surface area contributed by atoms with Crippen LogP contribution in [0.4, 0.5) is 10.8 Å². The van der Waals surface area contributed by atoms with Crippen molar-refractivity contribution in [2.45, 2.75) is 25.7 Å². The molecule has 2 aromatic rings. The van der Waals surface area contributed by atoms with E-state index in [2.05, 4.69) is 10.2 Å². The Bertz CT molecular complexity index is 831. The van der Waals surface area contributed by atoms with Crippen LogP contribution in [0.5, 0.6) is 0 Å². The predicted octanol–water partition coefficient (Wildman–Crippen LogP) is 2.47. The molecular weight excluding hydrogens is 364 g/mol. The van der Waals surface area contributed by atoms with E-state index in [-0.39, 0.29) is 18.4 Å². The van der Waals surface area contributed by atoms with Gasteiger partial charge < -0.3 is 19.9 Å². The highest BCUT2D eigenvalue weighted by Crippen LogP contribution is 2.31. The van der Waals surface area contributed by atoms with Gasteiger partial charge >= 0.3 is 0 Å². The average molecular weight is 388 g/mol. The summed E-state index contributed by atoms with van der Waals surface area (Å²) < 4.78 is 6.44. The standard InChI is InChI=1S/C19H24N4O3S/c24-17(13-23-7-3-1-2-4-18(23)25)20-14-5-6-15-16(12-14)27-19(21-15)22-8-10-26-11-9-22/h5-6,12H,1-4,7-11,13H2,(H,20,24). The molecule has 2 fully saturated rings. The molecule has 1 N–H and O–H groups in total. The summed E-state index contributed by atoms with van der Waals surface area (Å²) >= 11 is 1.63. The molecule has 2 amide bonds. The second kappa shape index (κ2) is 8.22. The Morgan fingerprint density at radius 3 is 2.89 bits per heavy atom. The highest BCUT2D eigenvalue weighted by atomic mass is 32.1. The van der Waals surface area contributed by atoms with E-state index in [1.54, 1.807) is 16.2 Å². The molecule has 0 saturated carbocycles. The molecule has 0 spiro atoms. The van der Waals surface area contributed by atoms with Crippen molar-refractivity contribution in [2.24, 2.45) is 0 Å². The number of nitrogens with one attached hydrogen (secondary N) is 1. The van der Waals surface area contributed by atoms with Crippen molar-refractivity contribution in [2.75, 3.05) is 49.6 Å². The van der Waals surface area contributed by atoms with E-state index in [0.29, 0.717) is 13.0 Å². The second-order valence-corrected chi connectivity index (χ2v) is 7.96. The van der Waals surface area contributed by atoms with Gasteiger partial charge in [-0.2, -0.15) is 0 Å². The first-order valence-corrected chi connectivity index (χ1v) is 10.3. The summed E-state index contributed by atoms with van der Waals surface area (Å²) in [5.41, 5.74) is 1.68. The molecule has 2 saturated heterocycles. The molecule has 27 heavy (non-hydrogen) atoms. The van der Waals surface area contributed by atoms with Crippen LogP contribution in [0.3, 0.4) is 0 Å². The third kappa shape index (κ3) is 4.39. The van der Waals surface area contributed by atoms with Crippen molar-refractivity contribution < 1.29 is 14.3 Å². The Labute approximate surface area is 162 Å². The van der Waals surface area contributed by atoms with Gasteiger partial charge in [0.25, 0.3) is 0 Å². The van der Waals surface area contributed by atoms with Gasteiger partial charge in [0, 0.05) is 31.7 Å². The van der Waals surface area contributed by atoms with Gasteiger partial charge in [0.05, 0.1) is 30.0 Å². The zero-order valence-corrected chi connectivity index (χ0v) is 16.1. The number of fused-ring (bicyclic) bond motifs is 1. The largest absolute Gasteiger partial charge is 0.378 e. The maximum Gasteiger partial charge on any atom is 0.243 e. The van der Waals surface area contributed by atoms with Gasteiger partial charge in [-0.25, -0.2) is 4.98 Å². The topological polar surface area (TPSA) is 74.8 Å². The molecule has 0 aliphatic carbocycles. The van der Waals surface area contributed by atoms with E-state index in [1.165, 1.54) is 0 Å². The molecular formula is C19H24N4O3S. The molecule has 0 atom stereocenters. The number of carbonyl (C=O) groups excluding carboxylic acids is 2. The lowest BCUT2D eigenvalue weighted by atomic mass is 10.2. The van der Waals surface area contributed by atoms with Gasteiger partial charge in [-0.1, -0.05) is 17.8 Å². The minimum atomic E-state index is -0.150. The predicted molar refractivity (Wildman–Crippen MR) is 106 cm³/mol. The van der Waals surface area contributed by atoms with Crippen LogP contribution < -0.4 is 10.2 Å². The number of thiazole rings is 1. The van der Waals surface area contributed by atoms with Crippen LogP contribution in [0.2, 0.25) is 0 Å². The van der Waals surface area contributed by atoms with Crippen LogP contribution >= 0.6 is 11.3 Å². The van der Waals surface area contributed by atoms with E-state index in [9.17, 15) is 9.59 Å². The minimum absolute atomic E-state index is 0.0794. The lowest BCUT2D eigenvalue weighted by molar-refractivity contribution is -0.134. The zero-order valence-electron chi connectivity index (χ0n) is 15.3. The summed E-state index contributed by atoms with van der Waals surface area (Å²) in [5, 5.41) is 3.92. The molecule has 4 rings (SSSR count). The number of ether oxygens (including phenoxy) is 1. The maximum atomic E-state index is 12.4. The number of likely N-dealkylation sites (tertiary alicyclic amines) is 1. The summed E-state index contributed by atoms with van der Waals surface area (Å²) in [6.07, 6.45) is 3.49. The van der Waals surface area contributed by atoms with Crippen LogP contribution in [0.15, 0.2) is 18.2 Å². The highest BCUT2D eigenvalue weighted by molar-refractivity contribution is 7.22. The molecule has 8 heteroatoms. The first-order valence-electron chi connectivity index (χ1n) is 9.50. The highest BCUT2D eigenvalue weighted by Gasteiger charge is 2.20. The lowest BCUT2D eigenvalue weighted by Gasteiger charge is -2.25. The first kappa shape index (κ1) is 18.2. The van der Waals surface area contributed by atoms with Gasteiger partial charge in [0.1, 0.15) is 0 Å². The smallest absolute Gasteiger partial charge is 0.243 e. The Balaban J connectivity index is 1.42. The van der Waals surface area contributed by atoms with Gasteiger partial charge in [-0.3, -0.25) is 9.59 Å². The number of rotatable bonds is 4. The van der Waals surface area contributed by atoms with Gasteiger partial charge in [-0.15, -0.1) is 0 Å². The Kier molecular flexibility index (Phi) is 5.54. The number of morpholine rings is 1. The molecule has 0 radical (unpaired) electrons. The third-order valence-corrected chi connectivity index (χ3v) is 6.03. The third-order valence-electron chi connectivity index (χ3n) is 4.95. The Morgan fingerprint density at radius 1 is 1.19 bits per heavy atom. The average Bonchev–Trinajstić information content (AvgIpc) is 3.00. The fourth-order valence-corrected chi connectivity index (χ4v) is 4.52. The Morgan fingerprint density at radius 2 is 2.04 bits per heavy atom. The number of aromatic nitrogens is 1. The van der Waals surface area contributed by atoms with Crippen LogP contribution in [0.25, 0.3) is 10.2 Å². The Hall–Kier alpha value is -2.19. The van der Waals surface area contributed by atoms with E-state index in [4.69, 9.17) is 9.72 Å². The van der Waals surface area contributed by atoms with Gasteiger partial charge in [0.15, 0.2) is 5.13 Å². The summed E-state index contributed by atoms with van der Waals surface area (Å²) in [6, 6.07) is 5.76. The summed E-state index contributed by atoms with van der Waals surface area (Å²) in [5.74, 6) is -0.0711. The van der Waals surface area contributed by atoms with Gasteiger partial charge in [0.2, 0.25) is 11.8 Å². The molecule has 1 aromatic heterocycles. The normalized spacial score (nSPS) is 18.6. The fourth-order valence-electron chi connectivity index (χ4n) is 3.46. The van der Waals surface area contributed by atoms with Crippen molar-refractivity contribution in [1.82, 2.24) is 9.88 Å². The fraction of sp³-hybridized carbons (Fsp3) is 0.526. The lowest BCUT2D eigenvalue weighted by Crippen LogP contribution is -2.37. The molecule has 144 valence electrons. The number of benzene rings is 1. The van der Waals surface area contributed by atoms with Crippen molar-refractivity contribution in [1.29, 1.82) is 0 Å². The molecule has 0 unspecified atom stereocenters. The van der Waals surface area contributed by atoms with E-state index < -0.39 is 0 Å². The van der Waals surface area contributed by atoms with E-state index >= 15 is 0 Å². The molecule has 7 nitrogen and oxygen atoms in total. The monoisotopic (exact) mass is 388 g/mol. The number of hydrogen-bond donors (Lipinski definition) is 1. The van der Waals surface area contributed by atoms with Crippen LogP contribution in [-0.2, 0) is 14.3 Å². The minimum Gasteiger partial charge on any atom is -0.378 e. The van der Waals surface area contributed by atoms with E-state index in [1.807, 2.05) is 18.2 Å². The molecule has 1 aromatic carbocycles. The van der Waals surface area contributed by atoms with Crippen molar-refractivity contribution in [3.8, 4) is 0 Å². The summed E-state index contributed by atoms with van der Waals surface area (Å²) in [4.78, 5) is 33.0. The van der Waals surface area contributed by atoms with Crippen LogP contribution in [-0.4, -0.2) is 61.1 Å². The van der Waals surface area contributed by atoms with Crippen molar-refractivity contribution in [3.63, 3.8) is 0 Å². The number of nitrogens with zero attached hydrogens (tertiary/aromatic N) is 3. The molecule has 2 aliphatic rings. The number of carbonyl (C=O) groups is 2. The van der Waals surface area contributed by atoms with Crippen LogP contribution in [0.1, 0.15) is 25.7 Å². The van der Waals surface area contributed by atoms with Crippen molar-refractivity contribution >= 4 is 44.2 Å². The van der Waals surface area contributed by atoms with Gasteiger partial charge in [-0.05, 0) is 31.0 Å². The summed E-state index contributed by atoms with van der Waals surface area (Å²) in [7, 11) is 0. The van der Waals surface area contributed by atoms with Crippen molar-refractivity contribution in [3.05, 3.63) is 18.2 Å². The first-order chi connectivity index (χ1) is 13.2. The molecule has 0 bridgehead atoms. The number of hydrogen-bond acceptors (Lipinski definition) is 6. The molecule has 2 aliphatic heterocycles. The van der Waals surface area contributed by atoms with Crippen LogP contribution in [0, 0.1) is 0 Å². The maximum absolute atomic E-state index is 12.4. The molecule has 3 heterocycles. The SMILES string of the molecule is O=C(CN1CCCCCC1=O)Nc1ccc2nc(N3CCOCC3)sc2c1. The number of amides is 2. The zero-order chi connectivity index (χ0) is 18.6. The quantitative estimate of drug-likeness (QED) is 0.871. The second-order valence-electron chi connectivity index (χ2n) is 6.95. The number of anilines is 2. The van der Waals surface area contributed by atoms with E-state index in [0.717, 1.165) is 66.6 Å². The summed E-state index contributed by atoms with van der Waals surface area (Å²) in [6.45, 7) is 3.96.